The van der Waals surface area contributed by atoms with Gasteiger partial charge in [-0.1, -0.05) is 34.1 Å². The Morgan fingerprint density at radius 1 is 1.09 bits per heavy atom. The first kappa shape index (κ1) is 17.5. The van der Waals surface area contributed by atoms with Crippen molar-refractivity contribution < 1.29 is 13.2 Å². The molecule has 0 radical (unpaired) electrons. The zero-order valence-electron chi connectivity index (χ0n) is 12.7. The molecule has 0 aliphatic heterocycles. The van der Waals surface area contributed by atoms with Gasteiger partial charge in [0.15, 0.2) is 0 Å². The number of nitrogens with one attached hydrogen (secondary N) is 1. The van der Waals surface area contributed by atoms with Gasteiger partial charge in [-0.15, -0.1) is 0 Å². The Kier molecular flexibility index (Phi) is 5.43. The molecule has 122 valence electrons. The van der Waals surface area contributed by atoms with Gasteiger partial charge in [-0.3, -0.25) is 9.10 Å². The highest BCUT2D eigenvalue weighted by Gasteiger charge is 2.28. The van der Waals surface area contributed by atoms with Gasteiger partial charge < -0.3 is 5.32 Å². The maximum Gasteiger partial charge on any atom is 0.247 e. The minimum Gasteiger partial charge on any atom is -0.324 e. The summed E-state index contributed by atoms with van der Waals surface area (Å²) < 4.78 is 26.2. The van der Waals surface area contributed by atoms with Gasteiger partial charge in [0.25, 0.3) is 0 Å². The van der Waals surface area contributed by atoms with E-state index in [1.54, 1.807) is 61.5 Å². The molecule has 0 heterocycles. The molecule has 0 saturated carbocycles. The third-order valence-corrected chi connectivity index (χ3v) is 4.98. The van der Waals surface area contributed by atoms with E-state index in [4.69, 9.17) is 0 Å². The lowest BCUT2D eigenvalue weighted by molar-refractivity contribution is -0.116. The van der Waals surface area contributed by atoms with E-state index in [0.29, 0.717) is 11.4 Å². The summed E-state index contributed by atoms with van der Waals surface area (Å²) in [5.74, 6) is -0.401. The van der Waals surface area contributed by atoms with E-state index in [2.05, 4.69) is 21.2 Å². The van der Waals surface area contributed by atoms with E-state index in [-0.39, 0.29) is 0 Å². The molecule has 7 heteroatoms. The molecule has 0 saturated heterocycles. The van der Waals surface area contributed by atoms with Crippen LogP contribution in [0.2, 0.25) is 0 Å². The Morgan fingerprint density at radius 2 is 1.65 bits per heavy atom. The number of anilines is 2. The van der Waals surface area contributed by atoms with Crippen LogP contribution in [-0.2, 0) is 14.8 Å². The molecule has 0 spiro atoms. The molecular weight excluding hydrogens is 380 g/mol. The van der Waals surface area contributed by atoms with Crippen molar-refractivity contribution >= 4 is 43.2 Å². The number of amides is 1. The zero-order valence-corrected chi connectivity index (χ0v) is 15.1. The molecule has 2 rings (SSSR count). The lowest BCUT2D eigenvalue weighted by Crippen LogP contribution is -2.45. The number of rotatable bonds is 5. The fourth-order valence-corrected chi connectivity index (χ4v) is 3.60. The van der Waals surface area contributed by atoms with Crippen molar-refractivity contribution in [1.82, 2.24) is 0 Å². The predicted octanol–water partition coefficient (Wildman–Crippen LogP) is 3.24. The Morgan fingerprint density at radius 3 is 2.17 bits per heavy atom. The number of para-hydroxylation sites is 1. The molecule has 0 bridgehead atoms. The van der Waals surface area contributed by atoms with Gasteiger partial charge >= 0.3 is 0 Å². The third kappa shape index (κ3) is 4.56. The van der Waals surface area contributed by atoms with Gasteiger partial charge in [-0.05, 0) is 43.3 Å². The van der Waals surface area contributed by atoms with Gasteiger partial charge in [0.2, 0.25) is 15.9 Å². The molecule has 2 aromatic carbocycles. The van der Waals surface area contributed by atoms with Crippen LogP contribution < -0.4 is 9.62 Å². The summed E-state index contributed by atoms with van der Waals surface area (Å²) in [7, 11) is -3.60. The van der Waals surface area contributed by atoms with Crippen LogP contribution in [0.5, 0.6) is 0 Å². The Labute approximate surface area is 144 Å². The molecule has 1 amide bonds. The minimum atomic E-state index is -3.60. The maximum absolute atomic E-state index is 12.4. The number of hydrogen-bond acceptors (Lipinski definition) is 3. The molecule has 0 fully saturated rings. The second-order valence-electron chi connectivity index (χ2n) is 5.07. The fraction of sp³-hybridized carbons (Fsp3) is 0.188. The van der Waals surface area contributed by atoms with E-state index in [1.165, 1.54) is 0 Å². The molecule has 2 aromatic rings. The van der Waals surface area contributed by atoms with Crippen molar-refractivity contribution in [1.29, 1.82) is 0 Å². The summed E-state index contributed by atoms with van der Waals surface area (Å²) in [6.45, 7) is 1.56. The van der Waals surface area contributed by atoms with Crippen LogP contribution in [0.1, 0.15) is 6.92 Å². The topological polar surface area (TPSA) is 66.5 Å². The number of sulfonamides is 1. The molecule has 0 aliphatic rings. The summed E-state index contributed by atoms with van der Waals surface area (Å²) in [5, 5.41) is 2.73. The first-order chi connectivity index (χ1) is 10.8. The Hall–Kier alpha value is -1.86. The van der Waals surface area contributed by atoms with Crippen LogP contribution in [0.3, 0.4) is 0 Å². The standard InChI is InChI=1S/C16H17BrN2O3S/c1-12(16(20)18-14-10-8-13(17)9-11-14)19(23(2,21)22)15-6-4-3-5-7-15/h3-12H,1-2H3,(H,18,20)/t12-/m1/s1. The molecular formula is C16H17BrN2O3S. The van der Waals surface area contributed by atoms with Gasteiger partial charge in [0.1, 0.15) is 6.04 Å². The largest absolute Gasteiger partial charge is 0.324 e. The number of carbonyl (C=O) groups excluding carboxylic acids is 1. The molecule has 5 nitrogen and oxygen atoms in total. The SMILES string of the molecule is C[C@H](C(=O)Nc1ccc(Br)cc1)N(c1ccccc1)S(C)(=O)=O. The van der Waals surface area contributed by atoms with E-state index >= 15 is 0 Å². The quantitative estimate of drug-likeness (QED) is 0.843. The highest BCUT2D eigenvalue weighted by molar-refractivity contribution is 9.10. The molecule has 1 N–H and O–H groups in total. The molecule has 0 aliphatic carbocycles. The molecule has 0 aromatic heterocycles. The first-order valence-electron chi connectivity index (χ1n) is 6.90. The van der Waals surface area contributed by atoms with Crippen molar-refractivity contribution in [2.45, 2.75) is 13.0 Å². The summed E-state index contributed by atoms with van der Waals surface area (Å²) in [4.78, 5) is 12.4. The van der Waals surface area contributed by atoms with Crippen LogP contribution >= 0.6 is 15.9 Å². The molecule has 0 unspecified atom stereocenters. The first-order valence-corrected chi connectivity index (χ1v) is 9.54. The minimum absolute atomic E-state index is 0.401. The second-order valence-corrected chi connectivity index (χ2v) is 7.84. The average Bonchev–Trinajstić information content (AvgIpc) is 2.49. The summed E-state index contributed by atoms with van der Waals surface area (Å²) >= 11 is 3.32. The number of nitrogens with zero attached hydrogens (tertiary/aromatic N) is 1. The smallest absolute Gasteiger partial charge is 0.247 e. The van der Waals surface area contributed by atoms with Crippen molar-refractivity contribution in [3.05, 3.63) is 59.1 Å². The number of halogens is 1. The van der Waals surface area contributed by atoms with Gasteiger partial charge in [0.05, 0.1) is 11.9 Å². The fourth-order valence-electron chi connectivity index (χ4n) is 2.16. The summed E-state index contributed by atoms with van der Waals surface area (Å²) in [6, 6.07) is 14.8. The molecule has 23 heavy (non-hydrogen) atoms. The maximum atomic E-state index is 12.4. The summed E-state index contributed by atoms with van der Waals surface area (Å²) in [6.07, 6.45) is 1.09. The zero-order chi connectivity index (χ0) is 17.0. The van der Waals surface area contributed by atoms with Crippen LogP contribution in [0.25, 0.3) is 0 Å². The van der Waals surface area contributed by atoms with Gasteiger partial charge in [-0.25, -0.2) is 8.42 Å². The normalized spacial score (nSPS) is 12.5. The molecule has 1 atom stereocenters. The summed E-state index contributed by atoms with van der Waals surface area (Å²) in [5.41, 5.74) is 1.06. The van der Waals surface area contributed by atoms with Crippen LogP contribution in [-0.4, -0.2) is 26.6 Å². The van der Waals surface area contributed by atoms with E-state index in [0.717, 1.165) is 15.0 Å². The monoisotopic (exact) mass is 396 g/mol. The van der Waals surface area contributed by atoms with Crippen molar-refractivity contribution in [3.8, 4) is 0 Å². The Balaban J connectivity index is 2.25. The van der Waals surface area contributed by atoms with Crippen LogP contribution in [0, 0.1) is 0 Å². The van der Waals surface area contributed by atoms with Crippen molar-refractivity contribution in [3.63, 3.8) is 0 Å². The number of benzene rings is 2. The van der Waals surface area contributed by atoms with Crippen molar-refractivity contribution in [2.24, 2.45) is 0 Å². The van der Waals surface area contributed by atoms with Crippen LogP contribution in [0.15, 0.2) is 59.1 Å². The number of carbonyl (C=O) groups is 1. The van der Waals surface area contributed by atoms with E-state index in [9.17, 15) is 13.2 Å². The van der Waals surface area contributed by atoms with E-state index < -0.39 is 22.0 Å². The third-order valence-electron chi connectivity index (χ3n) is 3.21. The lowest BCUT2D eigenvalue weighted by Gasteiger charge is -2.28. The van der Waals surface area contributed by atoms with Gasteiger partial charge in [-0.2, -0.15) is 0 Å². The second kappa shape index (κ2) is 7.14. The average molecular weight is 397 g/mol. The van der Waals surface area contributed by atoms with E-state index in [1.807, 2.05) is 0 Å². The Bertz CT molecular complexity index is 777. The van der Waals surface area contributed by atoms with Gasteiger partial charge in [0, 0.05) is 10.2 Å². The van der Waals surface area contributed by atoms with Crippen molar-refractivity contribution in [2.75, 3.05) is 15.9 Å². The number of hydrogen-bond donors (Lipinski definition) is 1. The van der Waals surface area contributed by atoms with Crippen LogP contribution in [0.4, 0.5) is 11.4 Å². The highest BCUT2D eigenvalue weighted by Crippen LogP contribution is 2.21. The predicted molar refractivity (Wildman–Crippen MR) is 96.0 cm³/mol. The highest BCUT2D eigenvalue weighted by atomic mass is 79.9. The lowest BCUT2D eigenvalue weighted by atomic mass is 10.2.